The van der Waals surface area contributed by atoms with Gasteiger partial charge in [0.05, 0.1) is 17.2 Å². The van der Waals surface area contributed by atoms with Crippen LogP contribution in [-0.2, 0) is 6.61 Å². The lowest BCUT2D eigenvalue weighted by Crippen LogP contribution is -2.13. The monoisotopic (exact) mass is 266 g/mol. The predicted octanol–water partition coefficient (Wildman–Crippen LogP) is 2.54. The molecular formula is C16H14N2O2. The summed E-state index contributed by atoms with van der Waals surface area (Å²) >= 11 is 0. The third kappa shape index (κ3) is 2.96. The van der Waals surface area contributed by atoms with Gasteiger partial charge >= 0.3 is 0 Å². The fourth-order valence-electron chi connectivity index (χ4n) is 1.86. The quantitative estimate of drug-likeness (QED) is 0.923. The van der Waals surface area contributed by atoms with E-state index in [4.69, 9.17) is 15.7 Å². The van der Waals surface area contributed by atoms with Gasteiger partial charge in [0.1, 0.15) is 12.4 Å². The predicted molar refractivity (Wildman–Crippen MR) is 75.2 cm³/mol. The molecule has 4 nitrogen and oxygen atoms in total. The molecule has 0 spiro atoms. The van der Waals surface area contributed by atoms with Crippen LogP contribution in [-0.4, -0.2) is 5.91 Å². The molecule has 0 saturated carbocycles. The largest absolute Gasteiger partial charge is 0.488 e. The van der Waals surface area contributed by atoms with Crippen molar-refractivity contribution in [3.8, 4) is 11.8 Å². The fourth-order valence-corrected chi connectivity index (χ4v) is 1.86. The summed E-state index contributed by atoms with van der Waals surface area (Å²) in [5.41, 5.74) is 7.95. The molecule has 20 heavy (non-hydrogen) atoms. The van der Waals surface area contributed by atoms with Gasteiger partial charge in [-0.05, 0) is 30.7 Å². The van der Waals surface area contributed by atoms with Crippen molar-refractivity contribution in [2.45, 2.75) is 13.5 Å². The molecule has 0 fully saturated rings. The summed E-state index contributed by atoms with van der Waals surface area (Å²) in [7, 11) is 0. The van der Waals surface area contributed by atoms with Gasteiger partial charge in [0.15, 0.2) is 0 Å². The van der Waals surface area contributed by atoms with Crippen molar-refractivity contribution >= 4 is 5.91 Å². The average Bonchev–Trinajstić information content (AvgIpc) is 2.45. The molecule has 0 aliphatic rings. The summed E-state index contributed by atoms with van der Waals surface area (Å²) in [6.45, 7) is 2.12. The Labute approximate surface area is 117 Å². The Morgan fingerprint density at radius 3 is 2.75 bits per heavy atom. The molecule has 0 unspecified atom stereocenters. The second kappa shape index (κ2) is 5.89. The van der Waals surface area contributed by atoms with Crippen LogP contribution in [0.5, 0.6) is 5.75 Å². The molecule has 4 heteroatoms. The molecule has 0 aliphatic heterocycles. The van der Waals surface area contributed by atoms with Crippen LogP contribution in [0.1, 0.15) is 27.0 Å². The summed E-state index contributed by atoms with van der Waals surface area (Å²) in [5.74, 6) is -0.0983. The minimum absolute atomic E-state index is 0.216. The normalized spacial score (nSPS) is 9.80. The van der Waals surface area contributed by atoms with E-state index in [-0.39, 0.29) is 6.61 Å². The third-order valence-corrected chi connectivity index (χ3v) is 2.92. The van der Waals surface area contributed by atoms with Gasteiger partial charge in [0.2, 0.25) is 0 Å². The number of hydrogen-bond acceptors (Lipinski definition) is 3. The van der Waals surface area contributed by atoms with E-state index < -0.39 is 5.91 Å². The molecule has 2 rings (SSSR count). The van der Waals surface area contributed by atoms with E-state index in [2.05, 4.69) is 6.07 Å². The first-order chi connectivity index (χ1) is 9.61. The fraction of sp³-hybridized carbons (Fsp3) is 0.125. The molecule has 2 aromatic rings. The summed E-state index contributed by atoms with van der Waals surface area (Å²) in [6, 6.07) is 14.5. The Morgan fingerprint density at radius 2 is 2.05 bits per heavy atom. The number of benzene rings is 2. The van der Waals surface area contributed by atoms with Crippen LogP contribution >= 0.6 is 0 Å². The van der Waals surface area contributed by atoms with Crippen LogP contribution < -0.4 is 10.5 Å². The molecule has 0 bridgehead atoms. The van der Waals surface area contributed by atoms with Gasteiger partial charge < -0.3 is 10.5 Å². The lowest BCUT2D eigenvalue weighted by atomic mass is 10.1. The molecular weight excluding hydrogens is 252 g/mol. The minimum Gasteiger partial charge on any atom is -0.488 e. The molecule has 0 aliphatic carbocycles. The number of rotatable bonds is 4. The van der Waals surface area contributed by atoms with Crippen molar-refractivity contribution in [2.75, 3.05) is 0 Å². The van der Waals surface area contributed by atoms with Crippen LogP contribution in [0.2, 0.25) is 0 Å². The van der Waals surface area contributed by atoms with E-state index in [1.807, 2.05) is 19.1 Å². The number of carbonyl (C=O) groups is 1. The molecule has 1 amide bonds. The van der Waals surface area contributed by atoms with Crippen LogP contribution in [0.3, 0.4) is 0 Å². The second-order valence-electron chi connectivity index (χ2n) is 4.42. The molecule has 0 atom stereocenters. The number of ether oxygens (including phenoxy) is 1. The molecule has 0 radical (unpaired) electrons. The number of aryl methyl sites for hydroxylation is 1. The SMILES string of the molecule is Cc1ccc(C(N)=O)c(OCc2ccccc2C#N)c1. The molecule has 0 heterocycles. The van der Waals surface area contributed by atoms with Crippen molar-refractivity contribution in [3.05, 3.63) is 64.7 Å². The van der Waals surface area contributed by atoms with Crippen LogP contribution in [0, 0.1) is 18.3 Å². The zero-order valence-electron chi connectivity index (χ0n) is 11.1. The van der Waals surface area contributed by atoms with Gasteiger partial charge in [-0.15, -0.1) is 0 Å². The number of nitriles is 1. The number of primary amides is 1. The lowest BCUT2D eigenvalue weighted by Gasteiger charge is -2.11. The Hall–Kier alpha value is -2.80. The Morgan fingerprint density at radius 1 is 1.30 bits per heavy atom. The molecule has 0 aromatic heterocycles. The maximum atomic E-state index is 11.4. The molecule has 2 aromatic carbocycles. The Bertz CT molecular complexity index is 687. The van der Waals surface area contributed by atoms with E-state index in [9.17, 15) is 4.79 Å². The minimum atomic E-state index is -0.534. The summed E-state index contributed by atoms with van der Waals surface area (Å²) in [4.78, 5) is 11.4. The molecule has 100 valence electrons. The van der Waals surface area contributed by atoms with Crippen molar-refractivity contribution in [3.63, 3.8) is 0 Å². The highest BCUT2D eigenvalue weighted by Gasteiger charge is 2.10. The maximum Gasteiger partial charge on any atom is 0.252 e. The smallest absolute Gasteiger partial charge is 0.252 e. The van der Waals surface area contributed by atoms with E-state index in [1.165, 1.54) is 0 Å². The topological polar surface area (TPSA) is 76.1 Å². The first kappa shape index (κ1) is 13.6. The van der Waals surface area contributed by atoms with Crippen molar-refractivity contribution in [1.29, 1.82) is 5.26 Å². The number of carbonyl (C=O) groups excluding carboxylic acids is 1. The second-order valence-corrected chi connectivity index (χ2v) is 4.42. The highest BCUT2D eigenvalue weighted by atomic mass is 16.5. The van der Waals surface area contributed by atoms with Gasteiger partial charge in [0.25, 0.3) is 5.91 Å². The number of nitrogens with zero attached hydrogens (tertiary/aromatic N) is 1. The number of amides is 1. The average molecular weight is 266 g/mol. The van der Waals surface area contributed by atoms with Gasteiger partial charge in [-0.2, -0.15) is 5.26 Å². The Kier molecular flexibility index (Phi) is 4.02. The van der Waals surface area contributed by atoms with Crippen molar-refractivity contribution in [2.24, 2.45) is 5.73 Å². The van der Waals surface area contributed by atoms with Crippen molar-refractivity contribution < 1.29 is 9.53 Å². The number of hydrogen-bond donors (Lipinski definition) is 1. The van der Waals surface area contributed by atoms with Gasteiger partial charge in [-0.1, -0.05) is 24.3 Å². The van der Waals surface area contributed by atoms with Crippen molar-refractivity contribution in [1.82, 2.24) is 0 Å². The van der Waals surface area contributed by atoms with Gasteiger partial charge in [0, 0.05) is 5.56 Å². The van der Waals surface area contributed by atoms with E-state index in [0.29, 0.717) is 16.9 Å². The standard InChI is InChI=1S/C16H14N2O2/c1-11-6-7-14(16(18)19)15(8-11)20-10-13-5-3-2-4-12(13)9-17/h2-8H,10H2,1H3,(H2,18,19). The summed E-state index contributed by atoms with van der Waals surface area (Å²) < 4.78 is 5.66. The van der Waals surface area contributed by atoms with E-state index >= 15 is 0 Å². The zero-order chi connectivity index (χ0) is 14.5. The first-order valence-electron chi connectivity index (χ1n) is 6.13. The van der Waals surface area contributed by atoms with Crippen LogP contribution in [0.4, 0.5) is 0 Å². The van der Waals surface area contributed by atoms with Crippen LogP contribution in [0.25, 0.3) is 0 Å². The van der Waals surface area contributed by atoms with Gasteiger partial charge in [-0.25, -0.2) is 0 Å². The third-order valence-electron chi connectivity index (χ3n) is 2.92. The Balaban J connectivity index is 2.25. The lowest BCUT2D eigenvalue weighted by molar-refractivity contribution is 0.0996. The van der Waals surface area contributed by atoms with Crippen LogP contribution in [0.15, 0.2) is 42.5 Å². The summed E-state index contributed by atoms with van der Waals surface area (Å²) in [6.07, 6.45) is 0. The first-order valence-corrected chi connectivity index (χ1v) is 6.13. The number of nitrogens with two attached hydrogens (primary N) is 1. The summed E-state index contributed by atoms with van der Waals surface area (Å²) in [5, 5.41) is 9.02. The highest BCUT2D eigenvalue weighted by molar-refractivity contribution is 5.95. The highest BCUT2D eigenvalue weighted by Crippen LogP contribution is 2.21. The van der Waals surface area contributed by atoms with E-state index in [1.54, 1.807) is 30.3 Å². The van der Waals surface area contributed by atoms with E-state index in [0.717, 1.165) is 11.1 Å². The maximum absolute atomic E-state index is 11.4. The molecule has 0 saturated heterocycles. The van der Waals surface area contributed by atoms with Gasteiger partial charge in [-0.3, -0.25) is 4.79 Å². The zero-order valence-corrected chi connectivity index (χ0v) is 11.1. The molecule has 2 N–H and O–H groups in total.